The van der Waals surface area contributed by atoms with E-state index in [0.29, 0.717) is 33.8 Å². The molecule has 3 aliphatic rings. The summed E-state index contributed by atoms with van der Waals surface area (Å²) in [6.07, 6.45) is 8.49. The summed E-state index contributed by atoms with van der Waals surface area (Å²) in [6.45, 7) is 2.58. The SMILES string of the molecule is COc1cc2nn(C3CCN(CCc4ccc5c(c4)C(O)N(C4CCC(=O)NC4=O)C5=O)CC3)cc2cc1NC(=O)c1cnn2cccnc12. The van der Waals surface area contributed by atoms with Gasteiger partial charge in [0.2, 0.25) is 11.8 Å². The first-order valence-corrected chi connectivity index (χ1v) is 16.6. The van der Waals surface area contributed by atoms with Crippen molar-refractivity contribution in [1.29, 1.82) is 0 Å². The van der Waals surface area contributed by atoms with Gasteiger partial charge < -0.3 is 20.1 Å². The Morgan fingerprint density at radius 1 is 1.12 bits per heavy atom. The Morgan fingerprint density at radius 2 is 1.96 bits per heavy atom. The van der Waals surface area contributed by atoms with E-state index in [0.717, 1.165) is 55.4 Å². The Kier molecular flexibility index (Phi) is 7.99. The Hall–Kier alpha value is -5.67. The van der Waals surface area contributed by atoms with E-state index in [2.05, 4.69) is 25.6 Å². The predicted octanol–water partition coefficient (Wildman–Crippen LogP) is 2.47. The molecule has 3 N–H and O–H groups in total. The van der Waals surface area contributed by atoms with Gasteiger partial charge in [-0.15, -0.1) is 0 Å². The molecule has 50 heavy (non-hydrogen) atoms. The fraction of sp³-hybridized carbons (Fsp3) is 0.343. The van der Waals surface area contributed by atoms with Crippen LogP contribution in [0.5, 0.6) is 5.75 Å². The summed E-state index contributed by atoms with van der Waals surface area (Å²) in [7, 11) is 1.56. The van der Waals surface area contributed by atoms with Gasteiger partial charge in [0.25, 0.3) is 11.8 Å². The van der Waals surface area contributed by atoms with Crippen molar-refractivity contribution >= 4 is 45.9 Å². The van der Waals surface area contributed by atoms with Crippen molar-refractivity contribution in [3.63, 3.8) is 0 Å². The number of benzene rings is 2. The lowest BCUT2D eigenvalue weighted by molar-refractivity contribution is -0.139. The summed E-state index contributed by atoms with van der Waals surface area (Å²) >= 11 is 0. The number of aliphatic hydroxyl groups is 1. The largest absolute Gasteiger partial charge is 0.494 e. The number of aliphatic hydroxyl groups excluding tert-OH is 1. The maximum atomic E-state index is 13.2. The van der Waals surface area contributed by atoms with E-state index in [1.165, 1.54) is 11.1 Å². The van der Waals surface area contributed by atoms with Crippen molar-refractivity contribution in [1.82, 2.24) is 39.5 Å². The van der Waals surface area contributed by atoms with Crippen molar-refractivity contribution in [3.05, 3.63) is 83.4 Å². The van der Waals surface area contributed by atoms with Gasteiger partial charge in [0, 0.05) is 67.2 Å². The number of piperidine rings is 2. The van der Waals surface area contributed by atoms with Gasteiger partial charge >= 0.3 is 0 Å². The molecule has 5 aromatic rings. The number of rotatable bonds is 8. The normalized spacial score (nSPS) is 20.0. The number of hydrogen-bond acceptors (Lipinski definition) is 10. The number of methoxy groups -OCH3 is 1. The molecule has 15 heteroatoms. The smallest absolute Gasteiger partial charge is 0.261 e. The molecule has 2 saturated heterocycles. The zero-order chi connectivity index (χ0) is 34.5. The van der Waals surface area contributed by atoms with Gasteiger partial charge in [-0.25, -0.2) is 9.50 Å². The quantitative estimate of drug-likeness (QED) is 0.207. The highest BCUT2D eigenvalue weighted by Gasteiger charge is 2.44. The highest BCUT2D eigenvalue weighted by Crippen LogP contribution is 2.36. The number of ether oxygens (including phenoxy) is 1. The maximum absolute atomic E-state index is 13.2. The molecule has 0 radical (unpaired) electrons. The lowest BCUT2D eigenvalue weighted by Gasteiger charge is -2.32. The summed E-state index contributed by atoms with van der Waals surface area (Å²) in [4.78, 5) is 58.1. The van der Waals surface area contributed by atoms with Crippen LogP contribution in [0.1, 0.15) is 69.8 Å². The number of aromatic nitrogens is 5. The van der Waals surface area contributed by atoms with Crippen molar-refractivity contribution in [3.8, 4) is 5.75 Å². The molecule has 2 unspecified atom stereocenters. The second kappa shape index (κ2) is 12.7. The zero-order valence-corrected chi connectivity index (χ0v) is 27.3. The molecule has 0 aliphatic carbocycles. The molecule has 0 spiro atoms. The number of amides is 4. The number of nitrogens with one attached hydrogen (secondary N) is 2. The summed E-state index contributed by atoms with van der Waals surface area (Å²) in [5.74, 6) is -1.16. The van der Waals surface area contributed by atoms with Gasteiger partial charge in [-0.05, 0) is 49.4 Å². The van der Waals surface area contributed by atoms with Crippen molar-refractivity contribution in [2.45, 2.75) is 50.4 Å². The van der Waals surface area contributed by atoms with Crippen LogP contribution in [0.15, 0.2) is 61.2 Å². The van der Waals surface area contributed by atoms with Gasteiger partial charge in [-0.1, -0.05) is 12.1 Å². The predicted molar refractivity (Wildman–Crippen MR) is 179 cm³/mol. The third-order valence-electron chi connectivity index (χ3n) is 9.93. The van der Waals surface area contributed by atoms with E-state index in [1.807, 2.05) is 35.1 Å². The van der Waals surface area contributed by atoms with E-state index in [4.69, 9.17) is 9.84 Å². The first kappa shape index (κ1) is 31.6. The molecule has 15 nitrogen and oxygen atoms in total. The summed E-state index contributed by atoms with van der Waals surface area (Å²) in [5.41, 5.74) is 4.00. The number of nitrogens with zero attached hydrogens (tertiary/aromatic N) is 7. The van der Waals surface area contributed by atoms with E-state index >= 15 is 0 Å². The van der Waals surface area contributed by atoms with Crippen LogP contribution in [0.2, 0.25) is 0 Å². The van der Waals surface area contributed by atoms with Crippen LogP contribution in [0, 0.1) is 0 Å². The molecule has 0 bridgehead atoms. The Bertz CT molecular complexity index is 2170. The zero-order valence-electron chi connectivity index (χ0n) is 27.3. The average Bonchev–Trinajstić information content (AvgIpc) is 3.81. The number of hydrogen-bond donors (Lipinski definition) is 3. The number of likely N-dealkylation sites (tertiary alicyclic amines) is 1. The van der Waals surface area contributed by atoms with E-state index < -0.39 is 24.1 Å². The number of carbonyl (C=O) groups is 4. The lowest BCUT2D eigenvalue weighted by atomic mass is 10.0. The molecule has 8 rings (SSSR count). The molecule has 2 aromatic carbocycles. The second-order valence-corrected chi connectivity index (χ2v) is 12.9. The third-order valence-corrected chi connectivity index (χ3v) is 9.93. The summed E-state index contributed by atoms with van der Waals surface area (Å²) in [5, 5.41) is 26.2. The first-order valence-electron chi connectivity index (χ1n) is 16.6. The van der Waals surface area contributed by atoms with Crippen LogP contribution >= 0.6 is 0 Å². The number of anilines is 1. The fourth-order valence-corrected chi connectivity index (χ4v) is 7.23. The fourth-order valence-electron chi connectivity index (χ4n) is 7.23. The standard InChI is InChI=1S/C35H35N9O6/c1-50-29-17-26-21(16-27(29)38-32(46)25-18-37-42-11-2-10-36-31(25)42)19-43(40-26)22-8-13-41(14-9-22)12-7-20-3-4-23-24(15-20)35(49)44(34(23)48)28-5-6-30(45)39-33(28)47/h2-4,10-11,15-19,22,28,35,49H,5-9,12-14H2,1H3,(H,38,46)(H,39,45,47). The Morgan fingerprint density at radius 3 is 2.76 bits per heavy atom. The third kappa shape index (κ3) is 5.63. The van der Waals surface area contributed by atoms with Gasteiger partial charge in [-0.2, -0.15) is 10.2 Å². The van der Waals surface area contributed by atoms with Crippen LogP contribution in [0.3, 0.4) is 0 Å². The number of carbonyl (C=O) groups excluding carboxylic acids is 4. The molecular weight excluding hydrogens is 642 g/mol. The van der Waals surface area contributed by atoms with Crippen LogP contribution in [-0.4, -0.2) is 95.7 Å². The minimum atomic E-state index is -1.23. The van der Waals surface area contributed by atoms with E-state index in [-0.39, 0.29) is 30.7 Å². The van der Waals surface area contributed by atoms with Crippen LogP contribution in [0.25, 0.3) is 16.6 Å². The molecule has 2 atom stereocenters. The molecule has 2 fully saturated rings. The first-order chi connectivity index (χ1) is 24.3. The second-order valence-electron chi connectivity index (χ2n) is 12.9. The van der Waals surface area contributed by atoms with Crippen molar-refractivity contribution in [2.75, 3.05) is 32.1 Å². The molecule has 4 amide bonds. The van der Waals surface area contributed by atoms with Crippen molar-refractivity contribution in [2.24, 2.45) is 0 Å². The molecule has 3 aromatic heterocycles. The van der Waals surface area contributed by atoms with Gasteiger partial charge in [0.15, 0.2) is 11.9 Å². The molecule has 0 saturated carbocycles. The summed E-state index contributed by atoms with van der Waals surface area (Å²) < 4.78 is 9.16. The monoisotopic (exact) mass is 677 g/mol. The number of fused-ring (bicyclic) bond motifs is 3. The lowest BCUT2D eigenvalue weighted by Crippen LogP contribution is -2.53. The summed E-state index contributed by atoms with van der Waals surface area (Å²) in [6, 6.07) is 10.3. The van der Waals surface area contributed by atoms with Crippen LogP contribution in [-0.2, 0) is 16.0 Å². The van der Waals surface area contributed by atoms with Gasteiger partial charge in [-0.3, -0.25) is 34.1 Å². The molecule has 256 valence electrons. The topological polar surface area (TPSA) is 176 Å². The van der Waals surface area contributed by atoms with E-state index in [1.54, 1.807) is 36.2 Å². The van der Waals surface area contributed by atoms with Crippen molar-refractivity contribution < 1.29 is 29.0 Å². The van der Waals surface area contributed by atoms with Gasteiger partial charge in [0.05, 0.1) is 30.6 Å². The maximum Gasteiger partial charge on any atom is 0.261 e. The molecule has 6 heterocycles. The molecular formula is C35H35N9O6. The Labute approximate surface area is 285 Å². The molecule has 3 aliphatic heterocycles. The minimum absolute atomic E-state index is 0.126. The van der Waals surface area contributed by atoms with Gasteiger partial charge in [0.1, 0.15) is 17.4 Å². The average molecular weight is 678 g/mol. The van der Waals surface area contributed by atoms with Crippen LogP contribution in [0.4, 0.5) is 5.69 Å². The highest BCUT2D eigenvalue weighted by atomic mass is 16.5. The minimum Gasteiger partial charge on any atom is -0.494 e. The van der Waals surface area contributed by atoms with Crippen LogP contribution < -0.4 is 15.4 Å². The van der Waals surface area contributed by atoms with E-state index in [9.17, 15) is 24.3 Å². The Balaban J connectivity index is 0.890. The number of imide groups is 1. The highest BCUT2D eigenvalue weighted by molar-refractivity contribution is 6.09.